The summed E-state index contributed by atoms with van der Waals surface area (Å²) < 4.78 is 0. The van der Waals surface area contributed by atoms with Gasteiger partial charge in [0, 0.05) is 6.04 Å². The van der Waals surface area contributed by atoms with Crippen LogP contribution in [-0.4, -0.2) is 29.9 Å². The van der Waals surface area contributed by atoms with Gasteiger partial charge in [-0.1, -0.05) is 46.5 Å². The number of primary amides is 1. The first-order chi connectivity index (χ1) is 8.08. The molecule has 4 heteroatoms. The maximum absolute atomic E-state index is 11.5. The summed E-state index contributed by atoms with van der Waals surface area (Å²) in [6.45, 7) is 10.6. The highest BCUT2D eigenvalue weighted by Crippen LogP contribution is 2.18. The minimum absolute atomic E-state index is 0. The molecule has 2 atom stereocenters. The number of nitrogens with two attached hydrogens (primary N) is 1. The van der Waals surface area contributed by atoms with E-state index in [-0.39, 0.29) is 22.6 Å². The molecule has 0 aromatic heterocycles. The fourth-order valence-electron chi connectivity index (χ4n) is 2.47. The molecular formula is C14H31FN2O. The van der Waals surface area contributed by atoms with Crippen LogP contribution in [0.2, 0.25) is 0 Å². The molecule has 0 saturated carbocycles. The maximum atomic E-state index is 11.5. The molecule has 0 heterocycles. The summed E-state index contributed by atoms with van der Waals surface area (Å²) in [5.41, 5.74) is 5.53. The van der Waals surface area contributed by atoms with Crippen LogP contribution in [0.3, 0.4) is 0 Å². The van der Waals surface area contributed by atoms with Gasteiger partial charge in [0.15, 0.2) is 0 Å². The number of halogens is 1. The Bertz CT molecular complexity index is 208. The van der Waals surface area contributed by atoms with Crippen molar-refractivity contribution >= 4 is 5.91 Å². The smallest absolute Gasteiger partial charge is 0.222 e. The summed E-state index contributed by atoms with van der Waals surface area (Å²) in [6, 6.07) is 0.268. The summed E-state index contributed by atoms with van der Waals surface area (Å²) in [7, 11) is 0. The van der Waals surface area contributed by atoms with E-state index in [4.69, 9.17) is 5.73 Å². The Morgan fingerprint density at radius 2 is 1.67 bits per heavy atom. The first-order valence-corrected chi connectivity index (χ1v) is 7.11. The van der Waals surface area contributed by atoms with Crippen molar-refractivity contribution in [1.82, 2.24) is 4.90 Å². The summed E-state index contributed by atoms with van der Waals surface area (Å²) in [5, 5.41) is 0. The van der Waals surface area contributed by atoms with E-state index < -0.39 is 0 Å². The van der Waals surface area contributed by atoms with Gasteiger partial charge in [-0.15, -0.1) is 0 Å². The molecule has 2 N–H and O–H groups in total. The van der Waals surface area contributed by atoms with Gasteiger partial charge in [-0.3, -0.25) is 9.50 Å². The second kappa shape index (κ2) is 11.5. The first-order valence-electron chi connectivity index (χ1n) is 7.11. The highest BCUT2D eigenvalue weighted by Gasteiger charge is 2.25. The van der Waals surface area contributed by atoms with Crippen LogP contribution in [-0.2, 0) is 4.79 Å². The Morgan fingerprint density at radius 1 is 1.11 bits per heavy atom. The van der Waals surface area contributed by atoms with Gasteiger partial charge in [-0.2, -0.15) is 0 Å². The van der Waals surface area contributed by atoms with E-state index in [0.29, 0.717) is 0 Å². The maximum Gasteiger partial charge on any atom is 0.222 e. The predicted molar refractivity (Wildman–Crippen MR) is 76.3 cm³/mol. The van der Waals surface area contributed by atoms with Crippen molar-refractivity contribution in [3.8, 4) is 0 Å². The molecule has 0 fully saturated rings. The summed E-state index contributed by atoms with van der Waals surface area (Å²) in [4.78, 5) is 13.9. The third kappa shape index (κ3) is 6.94. The second-order valence-electron chi connectivity index (χ2n) is 4.82. The zero-order valence-corrected chi connectivity index (χ0v) is 12.4. The normalized spacial score (nSPS) is 14.1. The quantitative estimate of drug-likeness (QED) is 0.615. The molecule has 18 heavy (non-hydrogen) atoms. The van der Waals surface area contributed by atoms with Crippen LogP contribution in [0.15, 0.2) is 0 Å². The molecule has 0 aliphatic rings. The molecular weight excluding hydrogens is 231 g/mol. The Balaban J connectivity index is 0. The van der Waals surface area contributed by atoms with Gasteiger partial charge < -0.3 is 10.6 Å². The summed E-state index contributed by atoms with van der Waals surface area (Å²) in [5.74, 6) is -0.132. The largest absolute Gasteiger partial charge is 0.369 e. The average molecular weight is 262 g/mol. The monoisotopic (exact) mass is 262 g/mol. The zero-order valence-electron chi connectivity index (χ0n) is 12.4. The molecule has 2 unspecified atom stereocenters. The molecule has 110 valence electrons. The van der Waals surface area contributed by atoms with E-state index in [0.717, 1.165) is 25.9 Å². The Hall–Kier alpha value is -0.640. The Kier molecular flexibility index (Phi) is 12.5. The average Bonchev–Trinajstić information content (AvgIpc) is 2.30. The number of amides is 1. The van der Waals surface area contributed by atoms with Crippen molar-refractivity contribution in [2.45, 2.75) is 65.8 Å². The molecule has 0 aliphatic heterocycles. The van der Waals surface area contributed by atoms with Crippen molar-refractivity contribution in [3.05, 3.63) is 0 Å². The Labute approximate surface area is 111 Å². The number of carbonyl (C=O) groups is 1. The van der Waals surface area contributed by atoms with Gasteiger partial charge in [-0.05, 0) is 26.4 Å². The molecule has 0 aromatic carbocycles. The van der Waals surface area contributed by atoms with E-state index in [1.54, 1.807) is 0 Å². The number of hydrogen-bond acceptors (Lipinski definition) is 2. The topological polar surface area (TPSA) is 46.3 Å². The molecule has 0 saturated heterocycles. The van der Waals surface area contributed by atoms with Crippen molar-refractivity contribution < 1.29 is 9.50 Å². The molecule has 0 rings (SSSR count). The van der Waals surface area contributed by atoms with E-state index in [9.17, 15) is 4.79 Å². The van der Waals surface area contributed by atoms with Crippen molar-refractivity contribution in [2.75, 3.05) is 13.1 Å². The highest BCUT2D eigenvalue weighted by molar-refractivity contribution is 5.77. The fraction of sp³-hybridized carbons (Fsp3) is 0.929. The number of unbranched alkanes of at least 4 members (excludes halogenated alkanes) is 3. The van der Waals surface area contributed by atoms with Gasteiger partial charge in [0.1, 0.15) is 0 Å². The lowest BCUT2D eigenvalue weighted by Crippen LogP contribution is -2.43. The van der Waals surface area contributed by atoms with Crippen LogP contribution < -0.4 is 5.73 Å². The third-order valence-corrected chi connectivity index (χ3v) is 3.70. The molecule has 0 spiro atoms. The first kappa shape index (κ1) is 19.7. The second-order valence-corrected chi connectivity index (χ2v) is 4.82. The minimum Gasteiger partial charge on any atom is -0.369 e. The number of carbonyl (C=O) groups excluding carboxylic acids is 1. The lowest BCUT2D eigenvalue weighted by Gasteiger charge is -2.31. The standard InChI is InChI=1S/C14H30N2O.FH/c1-5-8-9-10-11-13(14(15)17)12(4)16(6-2)7-3;/h12-13H,5-11H2,1-4H3,(H2,15,17);1H. The fourth-order valence-corrected chi connectivity index (χ4v) is 2.47. The lowest BCUT2D eigenvalue weighted by atomic mass is 9.92. The van der Waals surface area contributed by atoms with Crippen LogP contribution in [0.4, 0.5) is 4.70 Å². The summed E-state index contributed by atoms with van der Waals surface area (Å²) >= 11 is 0. The molecule has 0 aliphatic carbocycles. The molecule has 0 aromatic rings. The Morgan fingerprint density at radius 3 is 2.06 bits per heavy atom. The van der Waals surface area contributed by atoms with Gasteiger partial charge in [0.2, 0.25) is 5.91 Å². The van der Waals surface area contributed by atoms with Crippen molar-refractivity contribution in [3.63, 3.8) is 0 Å². The zero-order chi connectivity index (χ0) is 13.3. The number of rotatable bonds is 10. The van der Waals surface area contributed by atoms with E-state index >= 15 is 0 Å². The van der Waals surface area contributed by atoms with Crippen molar-refractivity contribution in [1.29, 1.82) is 0 Å². The van der Waals surface area contributed by atoms with Gasteiger partial charge in [0.05, 0.1) is 5.92 Å². The number of hydrogen-bond donors (Lipinski definition) is 1. The third-order valence-electron chi connectivity index (χ3n) is 3.70. The van der Waals surface area contributed by atoms with Crippen molar-refractivity contribution in [2.24, 2.45) is 11.7 Å². The SMILES string of the molecule is CCCCCCC(C(N)=O)C(C)N(CC)CC.F. The van der Waals surface area contributed by atoms with Gasteiger partial charge in [-0.25, -0.2) is 0 Å². The molecule has 0 radical (unpaired) electrons. The van der Waals surface area contributed by atoms with Crippen LogP contribution in [0, 0.1) is 5.92 Å². The molecule has 3 nitrogen and oxygen atoms in total. The molecule has 1 amide bonds. The number of nitrogens with zero attached hydrogens (tertiary/aromatic N) is 1. The van der Waals surface area contributed by atoms with Crippen LogP contribution in [0.5, 0.6) is 0 Å². The molecule has 0 bridgehead atoms. The van der Waals surface area contributed by atoms with Gasteiger partial charge >= 0.3 is 0 Å². The van der Waals surface area contributed by atoms with Crippen LogP contribution in [0.1, 0.15) is 59.8 Å². The van der Waals surface area contributed by atoms with Crippen LogP contribution in [0.25, 0.3) is 0 Å². The lowest BCUT2D eigenvalue weighted by molar-refractivity contribution is -0.124. The minimum atomic E-state index is -0.138. The highest BCUT2D eigenvalue weighted by atomic mass is 19.0. The van der Waals surface area contributed by atoms with Crippen LogP contribution >= 0.6 is 0 Å². The van der Waals surface area contributed by atoms with Gasteiger partial charge in [0.25, 0.3) is 0 Å². The predicted octanol–water partition coefficient (Wildman–Crippen LogP) is 2.94. The summed E-state index contributed by atoms with van der Waals surface area (Å²) in [6.07, 6.45) is 5.75. The van der Waals surface area contributed by atoms with E-state index in [2.05, 4.69) is 32.6 Å². The van der Waals surface area contributed by atoms with E-state index in [1.165, 1.54) is 19.3 Å². The van der Waals surface area contributed by atoms with E-state index in [1.807, 2.05) is 0 Å².